The second kappa shape index (κ2) is 42.9. The molecule has 2 aromatic rings. The molecule has 0 spiro atoms. The number of H-pyrrole nitrogens is 1. The molecule has 35 heteroatoms. The van der Waals surface area contributed by atoms with Crippen molar-refractivity contribution in [2.75, 3.05) is 25.4 Å². The molecule has 4 rings (SSSR count). The highest BCUT2D eigenvalue weighted by Gasteiger charge is 2.40. The van der Waals surface area contributed by atoms with Gasteiger partial charge in [-0.3, -0.25) is 72.1 Å². The number of imidazole rings is 1. The quantitative estimate of drug-likeness (QED) is 0.0354. The van der Waals surface area contributed by atoms with Crippen LogP contribution in [0.3, 0.4) is 0 Å². The summed E-state index contributed by atoms with van der Waals surface area (Å²) >= 11 is 1.31. The number of carboxylic acids is 2. The summed E-state index contributed by atoms with van der Waals surface area (Å²) in [4.78, 5) is 207. The molecule has 2 aliphatic rings. The van der Waals surface area contributed by atoms with Crippen LogP contribution in [0.5, 0.6) is 0 Å². The van der Waals surface area contributed by atoms with E-state index in [4.69, 9.17) is 17.2 Å². The van der Waals surface area contributed by atoms with Gasteiger partial charge in [0.25, 0.3) is 0 Å². The fraction of sp³-hybridized carbons (Fsp3) is 0.636. The lowest BCUT2D eigenvalue weighted by Gasteiger charge is -2.30. The number of aromatic nitrogens is 2. The molecule has 0 aliphatic carbocycles. The van der Waals surface area contributed by atoms with Gasteiger partial charge in [0.2, 0.25) is 70.9 Å². The Kier molecular flexibility index (Phi) is 35.8. The van der Waals surface area contributed by atoms with Crippen molar-refractivity contribution in [3.63, 3.8) is 0 Å². The number of hydrogen-bond donors (Lipinski definition) is 18. The number of aromatic amines is 1. The Labute approximate surface area is 590 Å². The molecule has 2 aliphatic heterocycles. The summed E-state index contributed by atoms with van der Waals surface area (Å²) in [6.45, 7) is 11.6. The Bertz CT molecular complexity index is 3180. The van der Waals surface area contributed by atoms with Crippen LogP contribution in [-0.4, -0.2) is 211 Å². The zero-order valence-electron chi connectivity index (χ0n) is 58.3. The summed E-state index contributed by atoms with van der Waals surface area (Å²) in [7, 11) is 0. The largest absolute Gasteiger partial charge is 0.481 e. The average molecular weight is 1440 g/mol. The number of primary amides is 1. The van der Waals surface area contributed by atoms with E-state index in [2.05, 4.69) is 73.4 Å². The smallest absolute Gasteiger partial charge is 0.305 e. The van der Waals surface area contributed by atoms with Crippen molar-refractivity contribution in [3.05, 3.63) is 54.1 Å². The Balaban J connectivity index is 1.78. The number of nitrogens with zero attached hydrogens (tertiary/aromatic N) is 2. The van der Waals surface area contributed by atoms with Crippen LogP contribution in [0, 0.1) is 23.7 Å². The summed E-state index contributed by atoms with van der Waals surface area (Å²) in [5.41, 5.74) is 18.7. The number of carboxylic acid groups (broad SMARTS) is 2. The number of amides is 12. The summed E-state index contributed by atoms with van der Waals surface area (Å²) < 4.78 is 0. The highest BCUT2D eigenvalue weighted by Crippen LogP contribution is 2.25. The lowest BCUT2D eigenvalue weighted by molar-refractivity contribution is -0.142. The molecule has 0 saturated carbocycles. The molecule has 101 heavy (non-hydrogen) atoms. The third-order valence-corrected chi connectivity index (χ3v) is 18.9. The number of carbonyl (C=O) groups is 14. The van der Waals surface area contributed by atoms with Crippen molar-refractivity contribution in [2.24, 2.45) is 45.9 Å². The molecule has 1 unspecified atom stereocenters. The predicted octanol–water partition coefficient (Wildman–Crippen LogP) is -2.71. The molecule has 1 fully saturated rings. The van der Waals surface area contributed by atoms with Gasteiger partial charge in [0.1, 0.15) is 66.5 Å². The van der Waals surface area contributed by atoms with Crippen LogP contribution >= 0.6 is 11.8 Å². The van der Waals surface area contributed by atoms with Crippen molar-refractivity contribution < 1.29 is 82.4 Å². The summed E-state index contributed by atoms with van der Waals surface area (Å²) in [6.07, 6.45) is -0.103. The first-order valence-electron chi connectivity index (χ1n) is 34.2. The second-order valence-corrected chi connectivity index (χ2v) is 26.9. The number of aliphatic hydroxyl groups excluding tert-OH is 1. The number of nitrogens with two attached hydrogens (primary N) is 3. The Morgan fingerprint density at radius 1 is 0.673 bits per heavy atom. The van der Waals surface area contributed by atoms with Gasteiger partial charge in [-0.2, -0.15) is 0 Å². The molecule has 34 nitrogen and oxygen atoms in total. The van der Waals surface area contributed by atoms with E-state index < -0.39 is 205 Å². The van der Waals surface area contributed by atoms with Gasteiger partial charge in [-0.05, 0) is 80.7 Å². The Morgan fingerprint density at radius 3 is 1.87 bits per heavy atom. The van der Waals surface area contributed by atoms with Gasteiger partial charge < -0.3 is 96.0 Å². The molecule has 0 radical (unpaired) electrons. The van der Waals surface area contributed by atoms with Crippen LogP contribution in [0.15, 0.2) is 47.8 Å². The number of nitrogens with one attached hydrogen (secondary N) is 12. The molecule has 1 aromatic heterocycles. The monoisotopic (exact) mass is 1440 g/mol. The predicted molar refractivity (Wildman–Crippen MR) is 371 cm³/mol. The first-order valence-corrected chi connectivity index (χ1v) is 35.2. The third-order valence-electron chi connectivity index (χ3n) is 17.7. The lowest BCUT2D eigenvalue weighted by atomic mass is 9.96. The van der Waals surface area contributed by atoms with Crippen LogP contribution in [0.2, 0.25) is 0 Å². The topological polar surface area (TPSA) is 551 Å². The van der Waals surface area contributed by atoms with E-state index >= 15 is 0 Å². The van der Waals surface area contributed by atoms with Gasteiger partial charge >= 0.3 is 11.9 Å². The highest BCUT2D eigenvalue weighted by atomic mass is 32.2. The van der Waals surface area contributed by atoms with Gasteiger partial charge in [-0.25, -0.2) is 4.98 Å². The van der Waals surface area contributed by atoms with Crippen LogP contribution in [0.1, 0.15) is 143 Å². The third kappa shape index (κ3) is 28.1. The van der Waals surface area contributed by atoms with E-state index in [-0.39, 0.29) is 94.7 Å². The van der Waals surface area contributed by atoms with Crippen molar-refractivity contribution >= 4 is 99.6 Å². The van der Waals surface area contributed by atoms with E-state index in [1.807, 2.05) is 13.8 Å². The standard InChI is InChI=1S/C66H103N17O17S/c1-8-35(5)52(69)66-81-48(32-101-66)63(98)76-43(25-34(4)31-84)59(94)74-42(21-22-50(86)87)58(93)83-53(36(6)9-2)64(99)75-40-19-14-15-24-71-55(90)46(28-49(68)85)78-62(97)47(29-51(88)89)79-61(96)45(27-39-30-70-33-72-39)77-60(95)44(26-38-17-12-11-13-18-38)80-65(100)54(37(7)10-3)82-57(92)41(20-16-23-67)73-56(40)91/h11-13,17-18,30,33-37,40-48,52-54,84H,8-10,14-16,19-29,31-32,67,69H2,1-7H3,(H2,68,85)(H,70,72)(H,71,90)(H,73,91)(H,74,94)(H,75,99)(H,76,98)(H,77,95)(H,78,97)(H,79,96)(H,80,100)(H,82,92)(H,83,93)(H,86,87)(H,88,89)/t34?,35-,36-,37-,40-,41+,42+,43-,44+,45-,46-,47+,48-,52-,53-,54-/m0/s1. The van der Waals surface area contributed by atoms with Gasteiger partial charge in [-0.15, -0.1) is 11.8 Å². The lowest BCUT2D eigenvalue weighted by Crippen LogP contribution is -2.62. The van der Waals surface area contributed by atoms with Crippen LogP contribution in [0.25, 0.3) is 0 Å². The number of rotatable bonds is 32. The second-order valence-electron chi connectivity index (χ2n) is 25.9. The highest BCUT2D eigenvalue weighted by molar-refractivity contribution is 8.14. The zero-order valence-corrected chi connectivity index (χ0v) is 59.1. The number of thioether (sulfide) groups is 1. The number of aliphatic hydroxyl groups is 1. The average Bonchev–Trinajstić information content (AvgIpc) is 1.72. The SMILES string of the molecule is CC[C@H](C)[C@H](N)C1=N[C@H](C(=O)N[C@@H](CC(C)CO)C(=O)N[C@H](CCC(=O)O)C(=O)N[C@H](C(=O)N[C@H]2CCCCNC(=O)[C@H](CC(N)=O)NC(=O)[C@@H](CC(=O)O)NC(=O)[C@H](Cc3cnc[nH]3)NC(=O)[C@@H](Cc3ccccc3)NC(=O)[C@H]([C@@H](C)CC)NC(=O)[C@@H](CCCN)NC2=O)[C@@H](C)CC)CS1. The van der Waals surface area contributed by atoms with E-state index in [9.17, 15) is 82.4 Å². The maximum Gasteiger partial charge on any atom is 0.305 e. The van der Waals surface area contributed by atoms with Crippen molar-refractivity contribution in [1.29, 1.82) is 0 Å². The zero-order chi connectivity index (χ0) is 75.0. The summed E-state index contributed by atoms with van der Waals surface area (Å²) in [5, 5.41) is 58.8. The fourth-order valence-corrected chi connectivity index (χ4v) is 12.0. The normalized spacial score (nSPS) is 23.3. The minimum absolute atomic E-state index is 0.00704. The van der Waals surface area contributed by atoms with Gasteiger partial charge in [0, 0.05) is 50.1 Å². The van der Waals surface area contributed by atoms with E-state index in [1.165, 1.54) is 24.3 Å². The fourth-order valence-electron chi connectivity index (χ4n) is 10.9. The minimum Gasteiger partial charge on any atom is -0.481 e. The summed E-state index contributed by atoms with van der Waals surface area (Å²) in [6, 6.07) is -8.79. The first-order chi connectivity index (χ1) is 47.9. The number of aliphatic imine (C=N–C) groups is 1. The maximum atomic E-state index is 14.9. The van der Waals surface area contributed by atoms with E-state index in [1.54, 1.807) is 65.0 Å². The molecule has 16 atom stereocenters. The van der Waals surface area contributed by atoms with Crippen LogP contribution in [0.4, 0.5) is 0 Å². The molecule has 1 aromatic carbocycles. The minimum atomic E-state index is -1.95. The summed E-state index contributed by atoms with van der Waals surface area (Å²) in [5.74, 6) is -16.3. The molecule has 21 N–H and O–H groups in total. The van der Waals surface area contributed by atoms with Gasteiger partial charge in [0.05, 0.1) is 30.3 Å². The molecule has 1 saturated heterocycles. The maximum absolute atomic E-state index is 14.9. The molecular formula is C66H103N17O17S. The molecule has 0 bridgehead atoms. The first kappa shape index (κ1) is 84.3. The van der Waals surface area contributed by atoms with Crippen molar-refractivity contribution in [3.8, 4) is 0 Å². The van der Waals surface area contributed by atoms with E-state index in [0.717, 1.165) is 6.42 Å². The Hall–Kier alpha value is -9.09. The van der Waals surface area contributed by atoms with Crippen molar-refractivity contribution in [2.45, 2.75) is 217 Å². The molecule has 12 amide bonds. The molecule has 560 valence electrons. The van der Waals surface area contributed by atoms with Crippen molar-refractivity contribution in [1.82, 2.24) is 68.5 Å². The number of carbonyl (C=O) groups excluding carboxylic acids is 12. The van der Waals surface area contributed by atoms with Gasteiger partial charge in [-0.1, -0.05) is 98.1 Å². The number of aliphatic carboxylic acids is 2. The number of benzene rings is 1. The Morgan fingerprint density at radius 2 is 1.28 bits per heavy atom. The molecule has 3 heterocycles. The molecular weight excluding hydrogens is 1330 g/mol. The van der Waals surface area contributed by atoms with E-state index in [0.29, 0.717) is 10.6 Å². The van der Waals surface area contributed by atoms with Gasteiger partial charge in [0.15, 0.2) is 0 Å². The van der Waals surface area contributed by atoms with Crippen LogP contribution < -0.4 is 75.7 Å². The van der Waals surface area contributed by atoms with Crippen LogP contribution in [-0.2, 0) is 80.0 Å². The number of hydrogen-bond acceptors (Lipinski definition) is 20.